The van der Waals surface area contributed by atoms with Crippen LogP contribution in [0.25, 0.3) is 0 Å². The minimum atomic E-state index is -0.985. The third-order valence-corrected chi connectivity index (χ3v) is 2.74. The number of carbonyl (C=O) groups is 1. The van der Waals surface area contributed by atoms with E-state index in [-0.39, 0.29) is 24.6 Å². The molecule has 0 spiro atoms. The Morgan fingerprint density at radius 3 is 3.06 bits per heavy atom. The number of hydrogen-bond acceptors (Lipinski definition) is 6. The number of aromatic nitrogens is 1. The molecule has 2 N–H and O–H groups in total. The summed E-state index contributed by atoms with van der Waals surface area (Å²) in [4.78, 5) is 24.8. The van der Waals surface area contributed by atoms with Crippen LogP contribution >= 0.6 is 0 Å². The highest BCUT2D eigenvalue weighted by molar-refractivity contribution is 5.73. The normalized spacial score (nSPS) is 22.7. The van der Waals surface area contributed by atoms with Crippen molar-refractivity contribution < 1.29 is 19.6 Å². The Hall–Kier alpha value is -2.22. The van der Waals surface area contributed by atoms with E-state index in [9.17, 15) is 14.9 Å². The summed E-state index contributed by atoms with van der Waals surface area (Å²) in [6.07, 6.45) is 2.52. The van der Waals surface area contributed by atoms with Gasteiger partial charge >= 0.3 is 11.7 Å². The van der Waals surface area contributed by atoms with Crippen molar-refractivity contribution in [3.8, 4) is 0 Å². The standard InChI is InChI=1S/C10H11N3O5/c14-10(15)6-4-18-5-8(6)12-7-1-2-11-3-9(7)13(16)17/h1-3,6,8H,4-5H2,(H,11,12)(H,14,15). The van der Waals surface area contributed by atoms with E-state index in [0.717, 1.165) is 6.20 Å². The Labute approximate surface area is 102 Å². The van der Waals surface area contributed by atoms with Gasteiger partial charge in [-0.25, -0.2) is 0 Å². The molecule has 1 aliphatic rings. The van der Waals surface area contributed by atoms with E-state index in [0.29, 0.717) is 0 Å². The number of pyridine rings is 1. The molecule has 2 heterocycles. The molecule has 1 aromatic heterocycles. The molecule has 8 nitrogen and oxygen atoms in total. The molecule has 1 aromatic rings. The first-order valence-electron chi connectivity index (χ1n) is 5.25. The van der Waals surface area contributed by atoms with Crippen LogP contribution in [0.5, 0.6) is 0 Å². The highest BCUT2D eigenvalue weighted by atomic mass is 16.6. The van der Waals surface area contributed by atoms with Crippen LogP contribution < -0.4 is 5.32 Å². The summed E-state index contributed by atoms with van der Waals surface area (Å²) in [7, 11) is 0. The van der Waals surface area contributed by atoms with Crippen molar-refractivity contribution in [1.29, 1.82) is 0 Å². The van der Waals surface area contributed by atoms with Gasteiger partial charge in [0.1, 0.15) is 17.8 Å². The number of anilines is 1. The van der Waals surface area contributed by atoms with Crippen LogP contribution in [0.3, 0.4) is 0 Å². The van der Waals surface area contributed by atoms with Crippen LogP contribution in [0.15, 0.2) is 18.5 Å². The molecule has 0 saturated carbocycles. The number of carboxylic acid groups (broad SMARTS) is 1. The first-order chi connectivity index (χ1) is 8.59. The smallest absolute Gasteiger partial charge is 0.311 e. The maximum Gasteiger partial charge on any atom is 0.311 e. The Morgan fingerprint density at radius 1 is 1.61 bits per heavy atom. The van der Waals surface area contributed by atoms with Crippen LogP contribution in [0.4, 0.5) is 11.4 Å². The molecule has 0 amide bonds. The fraction of sp³-hybridized carbons (Fsp3) is 0.400. The number of nitro groups is 1. The van der Waals surface area contributed by atoms with Crippen LogP contribution in [-0.2, 0) is 9.53 Å². The molecule has 1 fully saturated rings. The zero-order valence-corrected chi connectivity index (χ0v) is 9.28. The van der Waals surface area contributed by atoms with E-state index < -0.39 is 22.9 Å². The number of ether oxygens (including phenoxy) is 1. The first-order valence-corrected chi connectivity index (χ1v) is 5.25. The quantitative estimate of drug-likeness (QED) is 0.593. The van der Waals surface area contributed by atoms with E-state index in [1.165, 1.54) is 12.3 Å². The van der Waals surface area contributed by atoms with Crippen molar-refractivity contribution in [2.75, 3.05) is 18.5 Å². The monoisotopic (exact) mass is 253 g/mol. The molecule has 0 aliphatic carbocycles. The van der Waals surface area contributed by atoms with Gasteiger partial charge in [0, 0.05) is 6.20 Å². The summed E-state index contributed by atoms with van der Waals surface area (Å²) in [5.41, 5.74) is 0.0605. The van der Waals surface area contributed by atoms with E-state index in [1.54, 1.807) is 0 Å². The lowest BCUT2D eigenvalue weighted by molar-refractivity contribution is -0.384. The zero-order valence-electron chi connectivity index (χ0n) is 9.28. The Bertz CT molecular complexity index is 478. The molecule has 1 saturated heterocycles. The van der Waals surface area contributed by atoms with Crippen molar-refractivity contribution in [3.05, 3.63) is 28.6 Å². The topological polar surface area (TPSA) is 115 Å². The maximum atomic E-state index is 11.0. The maximum absolute atomic E-state index is 11.0. The second-order valence-corrected chi connectivity index (χ2v) is 3.88. The summed E-state index contributed by atoms with van der Waals surface area (Å²) in [5.74, 6) is -1.69. The summed E-state index contributed by atoms with van der Waals surface area (Å²) < 4.78 is 5.07. The molecule has 1 aliphatic heterocycles. The highest BCUT2D eigenvalue weighted by Crippen LogP contribution is 2.26. The van der Waals surface area contributed by atoms with Gasteiger partial charge in [0.05, 0.1) is 24.2 Å². The second-order valence-electron chi connectivity index (χ2n) is 3.88. The zero-order chi connectivity index (χ0) is 13.1. The van der Waals surface area contributed by atoms with Gasteiger partial charge < -0.3 is 15.2 Å². The molecule has 2 rings (SSSR count). The predicted molar refractivity (Wildman–Crippen MR) is 60.2 cm³/mol. The molecule has 96 valence electrons. The number of hydrogen-bond donors (Lipinski definition) is 2. The SMILES string of the molecule is O=C(O)C1COCC1Nc1ccncc1[N+](=O)[O-]. The molecule has 0 aromatic carbocycles. The molecule has 2 atom stereocenters. The predicted octanol–water partition coefficient (Wildman–Crippen LogP) is 0.501. The molecule has 8 heteroatoms. The molecular formula is C10H11N3O5. The van der Waals surface area contributed by atoms with E-state index >= 15 is 0 Å². The van der Waals surface area contributed by atoms with Gasteiger partial charge in [0.2, 0.25) is 0 Å². The summed E-state index contributed by atoms with van der Waals surface area (Å²) in [5, 5.41) is 22.6. The largest absolute Gasteiger partial charge is 0.481 e. The molecule has 0 bridgehead atoms. The van der Waals surface area contributed by atoms with Gasteiger partial charge in [-0.05, 0) is 6.07 Å². The average molecular weight is 253 g/mol. The van der Waals surface area contributed by atoms with E-state index in [1.807, 2.05) is 0 Å². The minimum absolute atomic E-state index is 0.103. The molecule has 2 unspecified atom stereocenters. The fourth-order valence-corrected chi connectivity index (χ4v) is 1.79. The summed E-state index contributed by atoms with van der Waals surface area (Å²) in [6.45, 7) is 0.308. The van der Waals surface area contributed by atoms with E-state index in [2.05, 4.69) is 10.3 Å². The number of rotatable bonds is 4. The lowest BCUT2D eigenvalue weighted by Gasteiger charge is -2.16. The van der Waals surface area contributed by atoms with Gasteiger partial charge in [0.25, 0.3) is 0 Å². The summed E-state index contributed by atoms with van der Waals surface area (Å²) in [6, 6.07) is 0.957. The lowest BCUT2D eigenvalue weighted by atomic mass is 10.0. The Balaban J connectivity index is 2.19. The van der Waals surface area contributed by atoms with Gasteiger partial charge in [-0.2, -0.15) is 0 Å². The number of carboxylic acids is 1. The Morgan fingerprint density at radius 2 is 2.39 bits per heavy atom. The van der Waals surface area contributed by atoms with Gasteiger partial charge in [-0.3, -0.25) is 19.9 Å². The second kappa shape index (κ2) is 4.96. The number of aliphatic carboxylic acids is 1. The van der Waals surface area contributed by atoms with Crippen molar-refractivity contribution >= 4 is 17.3 Å². The van der Waals surface area contributed by atoms with Crippen molar-refractivity contribution in [2.24, 2.45) is 5.92 Å². The van der Waals surface area contributed by atoms with E-state index in [4.69, 9.17) is 9.84 Å². The molecule has 18 heavy (non-hydrogen) atoms. The summed E-state index contributed by atoms with van der Waals surface area (Å²) >= 11 is 0. The van der Waals surface area contributed by atoms with Gasteiger partial charge in [-0.15, -0.1) is 0 Å². The van der Waals surface area contributed by atoms with Gasteiger partial charge in [0.15, 0.2) is 0 Å². The average Bonchev–Trinajstić information content (AvgIpc) is 2.77. The number of nitrogens with one attached hydrogen (secondary N) is 1. The fourth-order valence-electron chi connectivity index (χ4n) is 1.79. The molecular weight excluding hydrogens is 242 g/mol. The lowest BCUT2D eigenvalue weighted by Crippen LogP contribution is -2.33. The third-order valence-electron chi connectivity index (χ3n) is 2.74. The van der Waals surface area contributed by atoms with Crippen molar-refractivity contribution in [3.63, 3.8) is 0 Å². The van der Waals surface area contributed by atoms with Crippen LogP contribution in [-0.4, -0.2) is 40.2 Å². The first kappa shape index (κ1) is 12.2. The highest BCUT2D eigenvalue weighted by Gasteiger charge is 2.35. The van der Waals surface area contributed by atoms with Crippen LogP contribution in [0.1, 0.15) is 0 Å². The van der Waals surface area contributed by atoms with Crippen LogP contribution in [0, 0.1) is 16.0 Å². The van der Waals surface area contributed by atoms with Crippen LogP contribution in [0.2, 0.25) is 0 Å². The Kier molecular flexibility index (Phi) is 3.38. The van der Waals surface area contributed by atoms with Crippen molar-refractivity contribution in [1.82, 2.24) is 4.98 Å². The minimum Gasteiger partial charge on any atom is -0.481 e. The third kappa shape index (κ3) is 2.38. The number of nitrogens with zero attached hydrogens (tertiary/aromatic N) is 2. The molecule has 0 radical (unpaired) electrons. The van der Waals surface area contributed by atoms with Gasteiger partial charge in [-0.1, -0.05) is 0 Å². The van der Waals surface area contributed by atoms with Crippen molar-refractivity contribution in [2.45, 2.75) is 6.04 Å².